The van der Waals surface area contributed by atoms with E-state index in [2.05, 4.69) is 0 Å². The minimum atomic E-state index is 0.212. The third-order valence-corrected chi connectivity index (χ3v) is 2.93. The molecule has 2 atom stereocenters. The third-order valence-electron chi connectivity index (χ3n) is 2.93. The molecule has 5 heteroatoms. The van der Waals surface area contributed by atoms with Crippen LogP contribution in [0.2, 0.25) is 0 Å². The molecule has 0 radical (unpaired) electrons. The molecule has 1 aromatic rings. The van der Waals surface area contributed by atoms with E-state index in [-0.39, 0.29) is 5.75 Å². The Labute approximate surface area is 118 Å². The van der Waals surface area contributed by atoms with Gasteiger partial charge in [-0.1, -0.05) is 6.07 Å². The van der Waals surface area contributed by atoms with Gasteiger partial charge in [-0.15, -0.1) is 0 Å². The Hall–Kier alpha value is -1.56. The molecule has 2 heterocycles. The number of phenolic OH excluding ortho intramolecular Hbond substituents is 1. The molecule has 1 aromatic carbocycles. The molecule has 2 aliphatic heterocycles. The molecule has 0 amide bonds. The lowest BCUT2D eigenvalue weighted by Gasteiger charge is -1.99. The summed E-state index contributed by atoms with van der Waals surface area (Å²) in [6, 6.07) is 5.01. The van der Waals surface area contributed by atoms with Crippen molar-refractivity contribution in [2.45, 2.75) is 19.1 Å². The number of rotatable bonds is 5. The molecule has 5 nitrogen and oxygen atoms in total. The van der Waals surface area contributed by atoms with Crippen LogP contribution in [0.25, 0.3) is 6.08 Å². The maximum atomic E-state index is 9.05. The predicted octanol–water partition coefficient (Wildman–Crippen LogP) is 2.03. The number of hydrogen-bond donors (Lipinski definition) is 2. The van der Waals surface area contributed by atoms with E-state index in [1.165, 1.54) is 6.08 Å². The summed E-state index contributed by atoms with van der Waals surface area (Å²) in [7, 11) is 0. The van der Waals surface area contributed by atoms with Gasteiger partial charge in [-0.05, 0) is 36.3 Å². The van der Waals surface area contributed by atoms with Crippen LogP contribution in [0.1, 0.15) is 11.1 Å². The maximum Gasteiger partial charge on any atom is 0.116 e. The molecular weight excluding hydrogens is 260 g/mol. The first-order valence-corrected chi connectivity index (χ1v) is 6.60. The summed E-state index contributed by atoms with van der Waals surface area (Å²) in [6.07, 6.45) is 3.28. The molecule has 0 bridgehead atoms. The van der Waals surface area contributed by atoms with E-state index >= 15 is 0 Å². The van der Waals surface area contributed by atoms with E-state index in [1.807, 2.05) is 6.92 Å². The maximum absolute atomic E-state index is 9.05. The zero-order chi connectivity index (χ0) is 14.4. The van der Waals surface area contributed by atoms with Gasteiger partial charge in [-0.25, -0.2) is 0 Å². The van der Waals surface area contributed by atoms with E-state index in [0.29, 0.717) is 12.2 Å². The average molecular weight is 280 g/mol. The molecule has 110 valence electrons. The predicted molar refractivity (Wildman–Crippen MR) is 74.8 cm³/mol. The molecular formula is C15H20O5. The van der Waals surface area contributed by atoms with E-state index in [4.69, 9.17) is 24.4 Å². The van der Waals surface area contributed by atoms with Gasteiger partial charge in [0, 0.05) is 0 Å². The van der Waals surface area contributed by atoms with E-state index in [1.54, 1.807) is 18.2 Å². The van der Waals surface area contributed by atoms with Gasteiger partial charge >= 0.3 is 0 Å². The SMILES string of the molecule is C(OCC1CO1)C1CO1.Cc1ccc(O)cc1C=CO. The van der Waals surface area contributed by atoms with Gasteiger partial charge in [0.2, 0.25) is 0 Å². The topological polar surface area (TPSA) is 74.8 Å². The standard InChI is InChI=1S/C9H10O2.C6H10O3/c1-7-2-3-9(11)6-8(7)4-5-10;1(5-3-8-5)7-2-6-4-9-6/h2-6,10-11H,1H3;5-6H,1-4H2. The second-order valence-corrected chi connectivity index (χ2v) is 4.80. The van der Waals surface area contributed by atoms with Crippen LogP contribution in [0.3, 0.4) is 0 Å². The monoisotopic (exact) mass is 280 g/mol. The summed E-state index contributed by atoms with van der Waals surface area (Å²) in [6.45, 7) is 5.17. The van der Waals surface area contributed by atoms with Crippen molar-refractivity contribution in [2.75, 3.05) is 26.4 Å². The van der Waals surface area contributed by atoms with Crippen LogP contribution in [0, 0.1) is 6.92 Å². The van der Waals surface area contributed by atoms with E-state index < -0.39 is 0 Å². The first-order valence-electron chi connectivity index (χ1n) is 6.60. The molecule has 0 spiro atoms. The van der Waals surface area contributed by atoms with Gasteiger partial charge in [0.15, 0.2) is 0 Å². The second-order valence-electron chi connectivity index (χ2n) is 4.80. The number of aliphatic hydroxyl groups excluding tert-OH is 1. The summed E-state index contributed by atoms with van der Waals surface area (Å²) < 4.78 is 15.1. The number of benzene rings is 1. The highest BCUT2D eigenvalue weighted by Crippen LogP contribution is 2.16. The largest absolute Gasteiger partial charge is 0.516 e. The summed E-state index contributed by atoms with van der Waals surface area (Å²) in [5.41, 5.74) is 1.85. The van der Waals surface area contributed by atoms with Crippen LogP contribution in [-0.2, 0) is 14.2 Å². The van der Waals surface area contributed by atoms with Crippen LogP contribution < -0.4 is 0 Å². The summed E-state index contributed by atoms with van der Waals surface area (Å²) in [5.74, 6) is 0.212. The van der Waals surface area contributed by atoms with Gasteiger partial charge in [0.1, 0.15) is 18.0 Å². The van der Waals surface area contributed by atoms with Crippen LogP contribution in [0.4, 0.5) is 0 Å². The van der Waals surface area contributed by atoms with Crippen molar-refractivity contribution in [1.29, 1.82) is 0 Å². The number of aromatic hydroxyl groups is 1. The van der Waals surface area contributed by atoms with E-state index in [9.17, 15) is 0 Å². The quantitative estimate of drug-likeness (QED) is 0.637. The van der Waals surface area contributed by atoms with Crippen molar-refractivity contribution in [2.24, 2.45) is 0 Å². The van der Waals surface area contributed by atoms with Crippen molar-refractivity contribution >= 4 is 6.08 Å². The Bertz CT molecular complexity index is 438. The summed E-state index contributed by atoms with van der Waals surface area (Å²) >= 11 is 0. The van der Waals surface area contributed by atoms with Gasteiger partial charge < -0.3 is 24.4 Å². The number of epoxide rings is 2. The van der Waals surface area contributed by atoms with Crippen molar-refractivity contribution in [3.8, 4) is 5.75 Å². The van der Waals surface area contributed by atoms with Crippen LogP contribution in [0.15, 0.2) is 24.5 Å². The lowest BCUT2D eigenvalue weighted by Crippen LogP contribution is -2.06. The minimum Gasteiger partial charge on any atom is -0.516 e. The van der Waals surface area contributed by atoms with Gasteiger partial charge in [0.25, 0.3) is 0 Å². The molecule has 2 N–H and O–H groups in total. The van der Waals surface area contributed by atoms with Crippen LogP contribution in [0.5, 0.6) is 5.75 Å². The Morgan fingerprint density at radius 2 is 1.85 bits per heavy atom. The number of aliphatic hydroxyl groups is 1. The number of hydrogen-bond acceptors (Lipinski definition) is 5. The van der Waals surface area contributed by atoms with Gasteiger partial charge in [0.05, 0.1) is 32.7 Å². The summed E-state index contributed by atoms with van der Waals surface area (Å²) in [5, 5.41) is 17.5. The molecule has 3 rings (SSSR count). The second kappa shape index (κ2) is 7.28. The number of ether oxygens (including phenoxy) is 3. The fourth-order valence-electron chi connectivity index (χ4n) is 1.55. The van der Waals surface area contributed by atoms with Crippen molar-refractivity contribution in [1.82, 2.24) is 0 Å². The Morgan fingerprint density at radius 1 is 1.25 bits per heavy atom. The molecule has 2 aliphatic rings. The van der Waals surface area contributed by atoms with E-state index in [0.717, 1.165) is 43.8 Å². The Balaban J connectivity index is 0.000000149. The smallest absolute Gasteiger partial charge is 0.116 e. The Kier molecular flexibility index (Phi) is 5.40. The highest BCUT2D eigenvalue weighted by Gasteiger charge is 2.26. The van der Waals surface area contributed by atoms with Gasteiger partial charge in [-0.3, -0.25) is 0 Å². The molecule has 2 unspecified atom stereocenters. The van der Waals surface area contributed by atoms with Crippen LogP contribution >= 0.6 is 0 Å². The Morgan fingerprint density at radius 3 is 2.35 bits per heavy atom. The zero-order valence-corrected chi connectivity index (χ0v) is 11.5. The third kappa shape index (κ3) is 5.61. The lowest BCUT2D eigenvalue weighted by molar-refractivity contribution is 0.102. The van der Waals surface area contributed by atoms with Crippen molar-refractivity contribution in [3.05, 3.63) is 35.6 Å². The molecule has 2 fully saturated rings. The first-order chi connectivity index (χ1) is 9.69. The fourth-order valence-corrected chi connectivity index (χ4v) is 1.55. The molecule has 0 saturated carbocycles. The lowest BCUT2D eigenvalue weighted by atomic mass is 10.1. The minimum absolute atomic E-state index is 0.212. The summed E-state index contributed by atoms with van der Waals surface area (Å²) in [4.78, 5) is 0. The van der Waals surface area contributed by atoms with Crippen molar-refractivity contribution < 1.29 is 24.4 Å². The first kappa shape index (κ1) is 14.8. The zero-order valence-electron chi connectivity index (χ0n) is 11.5. The molecule has 0 aliphatic carbocycles. The normalized spacial score (nSPS) is 23.2. The number of aryl methyl sites for hydroxylation is 1. The highest BCUT2D eigenvalue weighted by molar-refractivity contribution is 5.54. The molecule has 0 aromatic heterocycles. The fraction of sp³-hybridized carbons (Fsp3) is 0.467. The van der Waals surface area contributed by atoms with Gasteiger partial charge in [-0.2, -0.15) is 0 Å². The van der Waals surface area contributed by atoms with Crippen LogP contribution in [-0.4, -0.2) is 48.8 Å². The highest BCUT2D eigenvalue weighted by atomic mass is 16.6. The average Bonchev–Trinajstić information content (AvgIpc) is 3.29. The van der Waals surface area contributed by atoms with Crippen molar-refractivity contribution in [3.63, 3.8) is 0 Å². The molecule has 2 saturated heterocycles. The number of phenols is 1. The molecule has 20 heavy (non-hydrogen) atoms.